The first-order valence-electron chi connectivity index (χ1n) is 14.7. The van der Waals surface area contributed by atoms with Crippen LogP contribution < -0.4 is 44.7 Å². The molecule has 4 rings (SSSR count). The van der Waals surface area contributed by atoms with E-state index in [1.807, 2.05) is 30.3 Å². The number of carbonyl (C=O) groups excluding carboxylic acids is 2. The number of unbranched alkanes of at least 4 members (excludes halogenated alkanes) is 3. The van der Waals surface area contributed by atoms with E-state index in [0.717, 1.165) is 30.4 Å². The van der Waals surface area contributed by atoms with Crippen molar-refractivity contribution in [1.29, 1.82) is 0 Å². The molecule has 0 radical (unpaired) electrons. The number of imidazole rings is 1. The third-order valence-corrected chi connectivity index (χ3v) is 9.51. The molecule has 1 atom stereocenters. The number of nitrogens with zero attached hydrogens (tertiary/aromatic N) is 2. The Morgan fingerprint density at radius 3 is 2.28 bits per heavy atom. The van der Waals surface area contributed by atoms with Crippen LogP contribution in [0, 0.1) is 0 Å². The summed E-state index contributed by atoms with van der Waals surface area (Å²) in [5.74, 6) is -1.56. The summed E-state index contributed by atoms with van der Waals surface area (Å²) in [4.78, 5) is 29.0. The zero-order chi connectivity index (χ0) is 32.5. The van der Waals surface area contributed by atoms with E-state index in [1.54, 1.807) is 53.3 Å². The van der Waals surface area contributed by atoms with Gasteiger partial charge in [0.25, 0.3) is 10.0 Å². The van der Waals surface area contributed by atoms with E-state index in [1.165, 1.54) is 24.2 Å². The summed E-state index contributed by atoms with van der Waals surface area (Å²) in [6.45, 7) is 2.44. The zero-order valence-corrected chi connectivity index (χ0v) is 29.9. The van der Waals surface area contributed by atoms with Crippen molar-refractivity contribution >= 4 is 33.8 Å². The Balaban J connectivity index is 0.00000576. The summed E-state index contributed by atoms with van der Waals surface area (Å²) in [6.07, 6.45) is 6.52. The average Bonchev–Trinajstić information content (AvgIpc) is 3.45. The largest absolute Gasteiger partial charge is 1.00 e. The third-order valence-electron chi connectivity index (χ3n) is 7.44. The molecule has 1 heterocycles. The number of urea groups is 1. The second-order valence-electron chi connectivity index (χ2n) is 10.7. The predicted molar refractivity (Wildman–Crippen MR) is 172 cm³/mol. The van der Waals surface area contributed by atoms with Gasteiger partial charge in [0.2, 0.25) is 0 Å². The van der Waals surface area contributed by atoms with Crippen molar-refractivity contribution < 1.29 is 57.8 Å². The Morgan fingerprint density at radius 2 is 1.63 bits per heavy atom. The fourth-order valence-corrected chi connectivity index (χ4v) is 6.88. The molecule has 0 fully saturated rings. The normalized spacial score (nSPS) is 12.5. The molecule has 46 heavy (non-hydrogen) atoms. The summed E-state index contributed by atoms with van der Waals surface area (Å²) in [5.41, 5.74) is 0.588. The van der Waals surface area contributed by atoms with Crippen LogP contribution in [0.5, 0.6) is 0 Å². The number of carboxylic acids is 1. The Labute approximate surface area is 296 Å². The van der Waals surface area contributed by atoms with Gasteiger partial charge in [0.1, 0.15) is 10.6 Å². The van der Waals surface area contributed by atoms with Gasteiger partial charge in [-0.3, -0.25) is 0 Å². The molecular formula is C33H37N4NaO6S2. The molecule has 2 amide bonds. The number of benzene rings is 3. The summed E-state index contributed by atoms with van der Waals surface area (Å²) in [5, 5.41) is 26.6. The molecular weight excluding hydrogens is 636 g/mol. The number of carboxylic acid groups (broad SMARTS) is 1. The Hall–Kier alpha value is -3.13. The number of hydrogen-bond donors (Lipinski definition) is 3. The topological polar surface area (TPSA) is 153 Å². The molecule has 13 heteroatoms. The van der Waals surface area contributed by atoms with Gasteiger partial charge in [0.05, 0.1) is 22.9 Å². The second kappa shape index (κ2) is 17.1. The van der Waals surface area contributed by atoms with E-state index >= 15 is 0 Å². The minimum Gasteiger partial charge on any atom is -0.547 e. The van der Waals surface area contributed by atoms with Gasteiger partial charge < -0.3 is 24.9 Å². The summed E-state index contributed by atoms with van der Waals surface area (Å²) in [7, 11) is -4.21. The number of aliphatic hydroxyl groups is 1. The number of thioether (sulfide) groups is 1. The molecule has 0 aliphatic rings. The smallest absolute Gasteiger partial charge is 0.547 e. The molecule has 0 spiro atoms. The fraction of sp³-hybridized carbons (Fsp3) is 0.303. The molecule has 1 unspecified atom stereocenters. The van der Waals surface area contributed by atoms with Crippen LogP contribution in [0.15, 0.2) is 95.1 Å². The van der Waals surface area contributed by atoms with Crippen molar-refractivity contribution in [2.75, 3.05) is 6.26 Å². The number of amides is 2. The monoisotopic (exact) mass is 672 g/mol. The van der Waals surface area contributed by atoms with Crippen molar-refractivity contribution in [2.24, 2.45) is 0 Å². The summed E-state index contributed by atoms with van der Waals surface area (Å²) >= 11 is 1.25. The molecule has 0 aliphatic heterocycles. The van der Waals surface area contributed by atoms with E-state index in [0.29, 0.717) is 22.6 Å². The van der Waals surface area contributed by atoms with Crippen LogP contribution in [0.25, 0.3) is 11.1 Å². The number of rotatable bonds is 15. The maximum Gasteiger partial charge on any atom is 1.00 e. The van der Waals surface area contributed by atoms with E-state index in [2.05, 4.69) is 21.9 Å². The van der Waals surface area contributed by atoms with Crippen LogP contribution >= 0.6 is 11.8 Å². The summed E-state index contributed by atoms with van der Waals surface area (Å²) in [6, 6.07) is 21.8. The van der Waals surface area contributed by atoms with Crippen LogP contribution in [0.3, 0.4) is 0 Å². The molecule has 238 valence electrons. The van der Waals surface area contributed by atoms with Crippen LogP contribution in [0.2, 0.25) is 0 Å². The zero-order valence-electron chi connectivity index (χ0n) is 26.2. The molecule has 4 aromatic rings. The first kappa shape index (κ1) is 37.3. The van der Waals surface area contributed by atoms with Crippen LogP contribution in [0.1, 0.15) is 55.8 Å². The molecule has 1 aromatic heterocycles. The average molecular weight is 673 g/mol. The Kier molecular flexibility index (Phi) is 13.9. The van der Waals surface area contributed by atoms with Gasteiger partial charge in [-0.15, -0.1) is 11.8 Å². The SMILES string of the molecule is CCCCCCC(O)(C(=O)[O-])c1c(SC)ncn1Cc1ccc(-c2ccccc2S(=O)(=O)NC(=O)NCc2ccccc2)cc1.[Na+]. The number of nitrogens with one attached hydrogen (secondary N) is 2. The van der Waals surface area contributed by atoms with Gasteiger partial charge in [-0.25, -0.2) is 22.9 Å². The van der Waals surface area contributed by atoms with Gasteiger partial charge >= 0.3 is 35.6 Å². The van der Waals surface area contributed by atoms with Gasteiger partial charge in [-0.1, -0.05) is 99.0 Å². The van der Waals surface area contributed by atoms with Gasteiger partial charge in [-0.2, -0.15) is 0 Å². The molecule has 0 aliphatic carbocycles. The number of hydrogen-bond acceptors (Lipinski definition) is 8. The van der Waals surface area contributed by atoms with Crippen molar-refractivity contribution in [3.8, 4) is 11.1 Å². The maximum atomic E-state index is 13.2. The Morgan fingerprint density at radius 1 is 0.957 bits per heavy atom. The number of sulfonamides is 1. The maximum absolute atomic E-state index is 13.2. The standard InChI is InChI=1S/C33H38N4O6S2.Na/c1-3-4-5-11-20-33(41,31(38)39)29-30(44-2)35-23-37(29)22-25-16-18-26(19-17-25)27-14-9-10-15-28(27)45(42,43)36-32(40)34-21-24-12-7-6-8-13-24;/h6-10,12-19,23,41H,3-5,11,20-22H2,1-2H3,(H,38,39)(H2,34,36,40);/q;+1/p-1. The third kappa shape index (κ3) is 9.24. The van der Waals surface area contributed by atoms with Crippen molar-refractivity contribution in [2.45, 2.75) is 67.6 Å². The predicted octanol–water partition coefficient (Wildman–Crippen LogP) is 1.42. The molecule has 0 saturated carbocycles. The Bertz CT molecular complexity index is 1720. The van der Waals surface area contributed by atoms with E-state index in [9.17, 15) is 28.2 Å². The van der Waals surface area contributed by atoms with Gasteiger partial charge in [-0.05, 0) is 41.9 Å². The number of carbonyl (C=O) groups is 2. The van der Waals surface area contributed by atoms with Crippen molar-refractivity contribution in [1.82, 2.24) is 19.6 Å². The van der Waals surface area contributed by atoms with Gasteiger partial charge in [0.15, 0.2) is 0 Å². The van der Waals surface area contributed by atoms with Crippen LogP contribution in [-0.2, 0) is 33.5 Å². The molecule has 10 nitrogen and oxygen atoms in total. The first-order chi connectivity index (χ1) is 21.6. The van der Waals surface area contributed by atoms with E-state index in [4.69, 9.17) is 0 Å². The second-order valence-corrected chi connectivity index (χ2v) is 13.1. The van der Waals surface area contributed by atoms with Gasteiger partial charge in [0, 0.05) is 18.7 Å². The number of aliphatic carboxylic acids is 1. The van der Waals surface area contributed by atoms with Crippen LogP contribution in [-0.4, -0.2) is 41.3 Å². The van der Waals surface area contributed by atoms with E-state index < -0.39 is 27.6 Å². The molecule has 0 bridgehead atoms. The minimum atomic E-state index is -4.21. The molecule has 3 aromatic carbocycles. The minimum absolute atomic E-state index is 0. The fourth-order valence-electron chi connectivity index (χ4n) is 5.09. The first-order valence-corrected chi connectivity index (χ1v) is 17.4. The molecule has 3 N–H and O–H groups in total. The van der Waals surface area contributed by atoms with Crippen LogP contribution in [0.4, 0.5) is 4.79 Å². The van der Waals surface area contributed by atoms with Crippen molar-refractivity contribution in [3.63, 3.8) is 0 Å². The quantitative estimate of drug-likeness (QED) is 0.0975. The number of aromatic nitrogens is 2. The summed E-state index contributed by atoms with van der Waals surface area (Å²) < 4.78 is 30.2. The molecule has 0 saturated heterocycles. The van der Waals surface area contributed by atoms with E-state index in [-0.39, 0.29) is 59.7 Å². The van der Waals surface area contributed by atoms with Crippen molar-refractivity contribution in [3.05, 3.63) is 102 Å².